The minimum absolute atomic E-state index is 0.0808. The summed E-state index contributed by atoms with van der Waals surface area (Å²) in [5, 5.41) is 0.707. The number of hydrogen-bond donors (Lipinski definition) is 0. The average molecular weight is 432 g/mol. The molecule has 1 aromatic carbocycles. The molecular formula is C22H26ClN3O2S. The number of nitrogens with zero attached hydrogens (tertiary/aromatic N) is 3. The van der Waals surface area contributed by atoms with E-state index in [2.05, 4.69) is 4.90 Å². The van der Waals surface area contributed by atoms with Crippen molar-refractivity contribution in [3.8, 4) is 10.4 Å². The first-order valence-electron chi connectivity index (χ1n) is 10.3. The van der Waals surface area contributed by atoms with Crippen LogP contribution in [0.4, 0.5) is 0 Å². The maximum atomic E-state index is 12.9. The van der Waals surface area contributed by atoms with E-state index < -0.39 is 0 Å². The van der Waals surface area contributed by atoms with Crippen LogP contribution >= 0.6 is 22.9 Å². The van der Waals surface area contributed by atoms with Crippen molar-refractivity contribution in [2.75, 3.05) is 45.8 Å². The molecule has 4 rings (SSSR count). The molecule has 0 atom stereocenters. The summed E-state index contributed by atoms with van der Waals surface area (Å²) in [6.45, 7) is 5.10. The van der Waals surface area contributed by atoms with Gasteiger partial charge in [-0.3, -0.25) is 14.5 Å². The molecule has 2 saturated heterocycles. The standard InChI is InChI=1S/C22H26ClN3O2S/c23-18-6-4-17(5-7-18)19-8-9-20(29-19)22(28)26-14-12-24(13-15-26)16-21(27)25-10-2-1-3-11-25/h4-9H,1-3,10-16H2. The van der Waals surface area contributed by atoms with Crippen LogP contribution in [0.25, 0.3) is 10.4 Å². The summed E-state index contributed by atoms with van der Waals surface area (Å²) in [7, 11) is 0. The Kier molecular flexibility index (Phi) is 6.53. The van der Waals surface area contributed by atoms with E-state index in [0.29, 0.717) is 24.7 Å². The number of halogens is 1. The first kappa shape index (κ1) is 20.4. The molecule has 7 heteroatoms. The molecule has 3 heterocycles. The van der Waals surface area contributed by atoms with E-state index in [1.807, 2.05) is 46.2 Å². The average Bonchev–Trinajstić information content (AvgIpc) is 3.25. The van der Waals surface area contributed by atoms with Crippen LogP contribution in [-0.2, 0) is 4.79 Å². The van der Waals surface area contributed by atoms with Crippen LogP contribution in [0.3, 0.4) is 0 Å². The molecule has 0 N–H and O–H groups in total. The van der Waals surface area contributed by atoms with E-state index in [1.54, 1.807) is 0 Å². The van der Waals surface area contributed by atoms with E-state index in [-0.39, 0.29) is 11.8 Å². The monoisotopic (exact) mass is 431 g/mol. The van der Waals surface area contributed by atoms with Gasteiger partial charge in [-0.05, 0) is 49.1 Å². The van der Waals surface area contributed by atoms with Gasteiger partial charge in [-0.1, -0.05) is 23.7 Å². The van der Waals surface area contributed by atoms with E-state index in [4.69, 9.17) is 11.6 Å². The Labute approximate surface area is 180 Å². The fourth-order valence-corrected chi connectivity index (χ4v) is 5.03. The van der Waals surface area contributed by atoms with Crippen molar-refractivity contribution in [1.82, 2.24) is 14.7 Å². The predicted molar refractivity (Wildman–Crippen MR) is 118 cm³/mol. The number of likely N-dealkylation sites (tertiary alicyclic amines) is 1. The van der Waals surface area contributed by atoms with Crippen molar-refractivity contribution in [3.05, 3.63) is 46.3 Å². The fourth-order valence-electron chi connectivity index (χ4n) is 3.92. The molecule has 29 heavy (non-hydrogen) atoms. The highest BCUT2D eigenvalue weighted by Crippen LogP contribution is 2.30. The number of piperazine rings is 1. The molecule has 2 aromatic rings. The van der Waals surface area contributed by atoms with E-state index in [1.165, 1.54) is 17.8 Å². The van der Waals surface area contributed by atoms with Crippen LogP contribution in [0.15, 0.2) is 36.4 Å². The largest absolute Gasteiger partial charge is 0.342 e. The minimum Gasteiger partial charge on any atom is -0.342 e. The third-order valence-electron chi connectivity index (χ3n) is 5.67. The van der Waals surface area contributed by atoms with Gasteiger partial charge in [-0.15, -0.1) is 11.3 Å². The van der Waals surface area contributed by atoms with Gasteiger partial charge in [0.15, 0.2) is 0 Å². The van der Waals surface area contributed by atoms with Crippen molar-refractivity contribution < 1.29 is 9.59 Å². The molecule has 0 spiro atoms. The summed E-state index contributed by atoms with van der Waals surface area (Å²) in [5.41, 5.74) is 1.07. The number of amides is 2. The first-order valence-corrected chi connectivity index (χ1v) is 11.4. The van der Waals surface area contributed by atoms with Crippen LogP contribution in [0.1, 0.15) is 28.9 Å². The second kappa shape index (κ2) is 9.28. The number of piperidine rings is 1. The van der Waals surface area contributed by atoms with Crippen LogP contribution in [0.2, 0.25) is 5.02 Å². The van der Waals surface area contributed by atoms with Gasteiger partial charge in [0.2, 0.25) is 5.91 Å². The second-order valence-electron chi connectivity index (χ2n) is 7.68. The lowest BCUT2D eigenvalue weighted by molar-refractivity contribution is -0.133. The van der Waals surface area contributed by atoms with Gasteiger partial charge in [-0.2, -0.15) is 0 Å². The van der Waals surface area contributed by atoms with Gasteiger partial charge in [-0.25, -0.2) is 0 Å². The van der Waals surface area contributed by atoms with E-state index in [9.17, 15) is 9.59 Å². The van der Waals surface area contributed by atoms with Gasteiger partial charge in [0.25, 0.3) is 5.91 Å². The third kappa shape index (κ3) is 5.00. The van der Waals surface area contributed by atoms with Gasteiger partial charge in [0.05, 0.1) is 11.4 Å². The van der Waals surface area contributed by atoms with E-state index in [0.717, 1.165) is 54.3 Å². The van der Waals surface area contributed by atoms with Crippen LogP contribution in [0, 0.1) is 0 Å². The van der Waals surface area contributed by atoms with Crippen molar-refractivity contribution >= 4 is 34.8 Å². The molecule has 0 unspecified atom stereocenters. The number of rotatable bonds is 4. The Bertz CT molecular complexity index is 853. The molecule has 0 aliphatic carbocycles. The van der Waals surface area contributed by atoms with Crippen molar-refractivity contribution in [1.29, 1.82) is 0 Å². The van der Waals surface area contributed by atoms with Gasteiger partial charge in [0.1, 0.15) is 0 Å². The Morgan fingerprint density at radius 3 is 2.21 bits per heavy atom. The summed E-state index contributed by atoms with van der Waals surface area (Å²) in [5.74, 6) is 0.313. The lowest BCUT2D eigenvalue weighted by atomic mass is 10.1. The Hall–Kier alpha value is -1.89. The van der Waals surface area contributed by atoms with Crippen LogP contribution < -0.4 is 0 Å². The maximum absolute atomic E-state index is 12.9. The third-order valence-corrected chi connectivity index (χ3v) is 7.05. The van der Waals surface area contributed by atoms with Gasteiger partial charge in [0, 0.05) is 49.2 Å². The quantitative estimate of drug-likeness (QED) is 0.738. The zero-order valence-electron chi connectivity index (χ0n) is 16.5. The molecule has 0 radical (unpaired) electrons. The Morgan fingerprint density at radius 2 is 1.52 bits per heavy atom. The summed E-state index contributed by atoms with van der Waals surface area (Å²) < 4.78 is 0. The summed E-state index contributed by atoms with van der Waals surface area (Å²) in [4.78, 5) is 33.2. The molecular weight excluding hydrogens is 406 g/mol. The molecule has 1 aromatic heterocycles. The smallest absolute Gasteiger partial charge is 0.264 e. The molecule has 154 valence electrons. The van der Waals surface area contributed by atoms with Gasteiger partial charge < -0.3 is 9.80 Å². The zero-order chi connectivity index (χ0) is 20.2. The minimum atomic E-state index is 0.0808. The molecule has 2 aliphatic rings. The highest BCUT2D eigenvalue weighted by molar-refractivity contribution is 7.17. The van der Waals surface area contributed by atoms with Crippen molar-refractivity contribution in [2.24, 2.45) is 0 Å². The normalized spacial score (nSPS) is 18.1. The summed E-state index contributed by atoms with van der Waals surface area (Å²) in [6, 6.07) is 11.6. The summed E-state index contributed by atoms with van der Waals surface area (Å²) in [6.07, 6.45) is 3.46. The van der Waals surface area contributed by atoms with Crippen LogP contribution in [0.5, 0.6) is 0 Å². The molecule has 0 saturated carbocycles. The molecule has 5 nitrogen and oxygen atoms in total. The summed E-state index contributed by atoms with van der Waals surface area (Å²) >= 11 is 7.47. The van der Waals surface area contributed by atoms with Gasteiger partial charge >= 0.3 is 0 Å². The molecule has 2 fully saturated rings. The van der Waals surface area contributed by atoms with Crippen molar-refractivity contribution in [2.45, 2.75) is 19.3 Å². The maximum Gasteiger partial charge on any atom is 0.264 e. The molecule has 2 amide bonds. The highest BCUT2D eigenvalue weighted by atomic mass is 35.5. The molecule has 2 aliphatic heterocycles. The first-order chi connectivity index (χ1) is 14.1. The topological polar surface area (TPSA) is 43.9 Å². The highest BCUT2D eigenvalue weighted by Gasteiger charge is 2.26. The zero-order valence-corrected chi connectivity index (χ0v) is 18.1. The second-order valence-corrected chi connectivity index (χ2v) is 9.20. The number of carbonyl (C=O) groups is 2. The lowest BCUT2D eigenvalue weighted by Crippen LogP contribution is -2.51. The Balaban J connectivity index is 1.30. The fraction of sp³-hybridized carbons (Fsp3) is 0.455. The number of carbonyl (C=O) groups excluding carboxylic acids is 2. The molecule has 0 bridgehead atoms. The van der Waals surface area contributed by atoms with Crippen molar-refractivity contribution in [3.63, 3.8) is 0 Å². The Morgan fingerprint density at radius 1 is 0.828 bits per heavy atom. The predicted octanol–water partition coefficient (Wildman–Crippen LogP) is 3.84. The van der Waals surface area contributed by atoms with E-state index >= 15 is 0 Å². The lowest BCUT2D eigenvalue weighted by Gasteiger charge is -2.35. The SMILES string of the molecule is O=C(CN1CCN(C(=O)c2ccc(-c3ccc(Cl)cc3)s2)CC1)N1CCCCC1. The van der Waals surface area contributed by atoms with Crippen LogP contribution in [-0.4, -0.2) is 72.3 Å². The number of hydrogen-bond acceptors (Lipinski definition) is 4. The number of benzene rings is 1. The number of thiophene rings is 1.